The lowest BCUT2D eigenvalue weighted by Gasteiger charge is -2.39. The maximum Gasteiger partial charge on any atom is 0.254 e. The largest absolute Gasteiger partial charge is 0.348 e. The summed E-state index contributed by atoms with van der Waals surface area (Å²) in [4.78, 5) is 41.6. The molecule has 0 spiro atoms. The lowest BCUT2D eigenvalue weighted by Crippen LogP contribution is -2.59. The van der Waals surface area contributed by atoms with E-state index in [0.29, 0.717) is 37.2 Å². The fraction of sp³-hybridized carbons (Fsp3) is 0.250. The van der Waals surface area contributed by atoms with Crippen LogP contribution in [0.5, 0.6) is 0 Å². The number of hydrogen-bond acceptors (Lipinski definition) is 3. The van der Waals surface area contributed by atoms with Crippen molar-refractivity contribution in [1.82, 2.24) is 14.9 Å². The van der Waals surface area contributed by atoms with E-state index < -0.39 is 0 Å². The zero-order valence-corrected chi connectivity index (χ0v) is 19.2. The number of allylic oxidation sites excluding steroid dienone is 2. The van der Waals surface area contributed by atoms with Gasteiger partial charge in [-0.05, 0) is 48.7 Å². The van der Waals surface area contributed by atoms with Crippen molar-refractivity contribution in [2.45, 2.75) is 25.4 Å². The number of nitrogens with zero attached hydrogens (tertiary/aromatic N) is 3. The summed E-state index contributed by atoms with van der Waals surface area (Å²) in [5.41, 5.74) is 5.85. The number of hydrogen-bond donors (Lipinski definition) is 1. The minimum absolute atomic E-state index is 0.109. The van der Waals surface area contributed by atoms with Gasteiger partial charge >= 0.3 is 0 Å². The van der Waals surface area contributed by atoms with Gasteiger partial charge in [0.2, 0.25) is 11.8 Å². The first-order chi connectivity index (χ1) is 17.1. The molecule has 2 aromatic carbocycles. The van der Waals surface area contributed by atoms with Crippen molar-refractivity contribution in [2.75, 3.05) is 11.6 Å². The van der Waals surface area contributed by atoms with Gasteiger partial charge < -0.3 is 9.47 Å². The molecule has 1 saturated heterocycles. The summed E-state index contributed by atoms with van der Waals surface area (Å²) in [5.74, 6) is -1.10. The van der Waals surface area contributed by atoms with Crippen LogP contribution in [0.1, 0.15) is 40.5 Å². The molecule has 1 N–H and O–H groups in total. The van der Waals surface area contributed by atoms with Crippen LogP contribution in [0.25, 0.3) is 0 Å². The Morgan fingerprint density at radius 2 is 1.66 bits per heavy atom. The molecule has 3 heterocycles. The number of anilines is 1. The number of rotatable bonds is 3. The molecule has 3 unspecified atom stereocenters. The minimum Gasteiger partial charge on any atom is -0.348 e. The lowest BCUT2D eigenvalue weighted by atomic mass is 9.80. The van der Waals surface area contributed by atoms with Gasteiger partial charge in [-0.15, -0.1) is 0 Å². The van der Waals surface area contributed by atoms with Crippen LogP contribution in [0.15, 0.2) is 85.1 Å². The van der Waals surface area contributed by atoms with Gasteiger partial charge in [0.1, 0.15) is 0 Å². The number of nitrogens with one attached hydrogen (secondary N) is 1. The molecular weight excluding hydrogens is 440 g/mol. The highest BCUT2D eigenvalue weighted by Gasteiger charge is 2.42. The zero-order valence-electron chi connectivity index (χ0n) is 19.2. The van der Waals surface area contributed by atoms with Crippen molar-refractivity contribution in [1.29, 1.82) is 0 Å². The van der Waals surface area contributed by atoms with E-state index in [1.54, 1.807) is 24.3 Å². The maximum absolute atomic E-state index is 13.8. The molecule has 1 aromatic heterocycles. The summed E-state index contributed by atoms with van der Waals surface area (Å²) in [6.45, 7) is 1.29. The predicted octanol–water partition coefficient (Wildman–Crippen LogP) is 3.69. The Morgan fingerprint density at radius 3 is 2.49 bits per heavy atom. The van der Waals surface area contributed by atoms with Crippen molar-refractivity contribution in [3.63, 3.8) is 0 Å². The fourth-order valence-corrected chi connectivity index (χ4v) is 5.51. The normalized spacial score (nSPS) is 23.5. The first kappa shape index (κ1) is 21.4. The maximum atomic E-state index is 13.8. The SMILES string of the molecule is O=C1NN(c2cccc(C(=O)N3CCn4cccc4C3c3ccccc3)c2)C(=O)C2CC=CCC12. The van der Waals surface area contributed by atoms with E-state index in [4.69, 9.17) is 0 Å². The fourth-order valence-electron chi connectivity index (χ4n) is 5.51. The number of benzene rings is 2. The van der Waals surface area contributed by atoms with Gasteiger partial charge in [0.25, 0.3) is 5.91 Å². The van der Waals surface area contributed by atoms with E-state index in [9.17, 15) is 14.4 Å². The van der Waals surface area contributed by atoms with Crippen molar-refractivity contribution < 1.29 is 14.4 Å². The van der Waals surface area contributed by atoms with Crippen LogP contribution in [-0.4, -0.2) is 33.7 Å². The summed E-state index contributed by atoms with van der Waals surface area (Å²) < 4.78 is 2.19. The summed E-state index contributed by atoms with van der Waals surface area (Å²) in [5, 5.41) is 1.31. The molecule has 176 valence electrons. The molecule has 0 saturated carbocycles. The van der Waals surface area contributed by atoms with Gasteiger partial charge in [-0.25, -0.2) is 5.01 Å². The Bertz CT molecular complexity index is 1330. The standard InChI is InChI=1S/C28H26N4O3/c33-26-22-12-4-5-13-23(22)28(35)32(29-26)21-11-6-10-20(18-21)27(34)31-17-16-30-15-7-14-24(30)25(31)19-8-2-1-3-9-19/h1-11,14-15,18,22-23,25H,12-13,16-17H2,(H,29,33). The highest BCUT2D eigenvalue weighted by Crippen LogP contribution is 2.35. The molecule has 1 fully saturated rings. The number of carbonyl (C=O) groups excluding carboxylic acids is 3. The van der Waals surface area contributed by atoms with Gasteiger partial charge in [0, 0.05) is 30.5 Å². The molecule has 3 amide bonds. The third-order valence-electron chi connectivity index (χ3n) is 7.29. The van der Waals surface area contributed by atoms with Gasteiger partial charge in [-0.2, -0.15) is 0 Å². The molecular formula is C28H26N4O3. The van der Waals surface area contributed by atoms with Gasteiger partial charge in [0.05, 0.1) is 23.6 Å². The first-order valence-corrected chi connectivity index (χ1v) is 12.0. The van der Waals surface area contributed by atoms with Crippen LogP contribution in [0, 0.1) is 11.8 Å². The van der Waals surface area contributed by atoms with Gasteiger partial charge in [-0.3, -0.25) is 19.8 Å². The van der Waals surface area contributed by atoms with Crippen LogP contribution in [-0.2, 0) is 16.1 Å². The number of amides is 3. The lowest BCUT2D eigenvalue weighted by molar-refractivity contribution is -0.139. The Labute approximate surface area is 203 Å². The second kappa shape index (κ2) is 8.58. The van der Waals surface area contributed by atoms with Gasteiger partial charge in [0.15, 0.2) is 0 Å². The Morgan fingerprint density at radius 1 is 0.857 bits per heavy atom. The molecule has 1 aliphatic carbocycles. The Balaban J connectivity index is 1.32. The Hall–Kier alpha value is -4.13. The zero-order chi connectivity index (χ0) is 23.9. The number of hydrazine groups is 1. The molecule has 3 aliphatic rings. The molecule has 6 rings (SSSR count). The summed E-state index contributed by atoms with van der Waals surface area (Å²) in [7, 11) is 0. The minimum atomic E-state index is -0.370. The number of aromatic nitrogens is 1. The monoisotopic (exact) mass is 466 g/mol. The highest BCUT2D eigenvalue weighted by atomic mass is 16.2. The van der Waals surface area contributed by atoms with E-state index in [-0.39, 0.29) is 35.6 Å². The molecule has 3 atom stereocenters. The van der Waals surface area contributed by atoms with Crippen LogP contribution in [0.4, 0.5) is 5.69 Å². The van der Waals surface area contributed by atoms with Crippen LogP contribution < -0.4 is 10.4 Å². The summed E-state index contributed by atoms with van der Waals surface area (Å²) in [6.07, 6.45) is 7.10. The second-order valence-electron chi connectivity index (χ2n) is 9.29. The first-order valence-electron chi connectivity index (χ1n) is 12.0. The molecule has 2 aliphatic heterocycles. The molecule has 0 radical (unpaired) electrons. The van der Waals surface area contributed by atoms with E-state index in [1.165, 1.54) is 5.01 Å². The quantitative estimate of drug-likeness (QED) is 0.599. The van der Waals surface area contributed by atoms with E-state index >= 15 is 0 Å². The van der Waals surface area contributed by atoms with Crippen molar-refractivity contribution in [2.24, 2.45) is 11.8 Å². The highest BCUT2D eigenvalue weighted by molar-refractivity contribution is 6.05. The molecule has 7 heteroatoms. The van der Waals surface area contributed by atoms with E-state index in [2.05, 4.69) is 16.1 Å². The second-order valence-corrected chi connectivity index (χ2v) is 9.29. The predicted molar refractivity (Wildman–Crippen MR) is 131 cm³/mol. The molecule has 35 heavy (non-hydrogen) atoms. The van der Waals surface area contributed by atoms with Crippen molar-refractivity contribution in [3.05, 3.63) is 102 Å². The molecule has 7 nitrogen and oxygen atoms in total. The number of fused-ring (bicyclic) bond motifs is 2. The third kappa shape index (κ3) is 3.64. The van der Waals surface area contributed by atoms with Crippen LogP contribution in [0.2, 0.25) is 0 Å². The number of carbonyl (C=O) groups is 3. The Kier molecular flexibility index (Phi) is 5.25. The summed E-state index contributed by atoms with van der Waals surface area (Å²) in [6, 6.07) is 20.9. The summed E-state index contributed by atoms with van der Waals surface area (Å²) >= 11 is 0. The van der Waals surface area contributed by atoms with Gasteiger partial charge in [-0.1, -0.05) is 48.6 Å². The average molecular weight is 467 g/mol. The van der Waals surface area contributed by atoms with E-state index in [1.807, 2.05) is 59.6 Å². The van der Waals surface area contributed by atoms with E-state index in [0.717, 1.165) is 11.3 Å². The third-order valence-corrected chi connectivity index (χ3v) is 7.29. The average Bonchev–Trinajstić information content (AvgIpc) is 3.39. The van der Waals surface area contributed by atoms with Crippen LogP contribution in [0.3, 0.4) is 0 Å². The molecule has 3 aromatic rings. The smallest absolute Gasteiger partial charge is 0.254 e. The topological polar surface area (TPSA) is 74.7 Å². The molecule has 0 bridgehead atoms. The van der Waals surface area contributed by atoms with Crippen molar-refractivity contribution in [3.8, 4) is 0 Å². The van der Waals surface area contributed by atoms with Crippen molar-refractivity contribution >= 4 is 23.4 Å². The van der Waals surface area contributed by atoms with Crippen LogP contribution >= 0.6 is 0 Å².